The lowest BCUT2D eigenvalue weighted by Crippen LogP contribution is -2.35. The fraction of sp³-hybridized carbons (Fsp3) is 0.333. The van der Waals surface area contributed by atoms with Gasteiger partial charge in [0, 0.05) is 17.6 Å². The lowest BCUT2D eigenvalue weighted by Gasteiger charge is -2.21. The fourth-order valence-corrected chi connectivity index (χ4v) is 1.96. The van der Waals surface area contributed by atoms with Crippen molar-refractivity contribution in [1.29, 1.82) is 0 Å². The standard InChI is InChI=1S/C18H23NO2/c1-18(2,3)19-12-15-8-4-5-10-17(15)21-13-14-7-6-9-16(20)11-14/h4-11,19-20H,12-13H2,1-3H3. The van der Waals surface area contributed by atoms with E-state index >= 15 is 0 Å². The van der Waals surface area contributed by atoms with E-state index in [9.17, 15) is 5.11 Å². The molecule has 0 fully saturated rings. The van der Waals surface area contributed by atoms with Gasteiger partial charge < -0.3 is 15.2 Å². The number of aromatic hydroxyl groups is 1. The number of ether oxygens (including phenoxy) is 1. The van der Waals surface area contributed by atoms with E-state index in [4.69, 9.17) is 4.74 Å². The first-order valence-electron chi connectivity index (χ1n) is 7.18. The van der Waals surface area contributed by atoms with Crippen LogP contribution < -0.4 is 10.1 Å². The number of benzene rings is 2. The molecule has 0 saturated heterocycles. The Morgan fingerprint density at radius 2 is 1.81 bits per heavy atom. The van der Waals surface area contributed by atoms with Gasteiger partial charge in [-0.05, 0) is 44.5 Å². The van der Waals surface area contributed by atoms with Crippen LogP contribution in [-0.2, 0) is 13.2 Å². The van der Waals surface area contributed by atoms with Crippen molar-refractivity contribution < 1.29 is 9.84 Å². The van der Waals surface area contributed by atoms with Crippen LogP contribution in [0.5, 0.6) is 11.5 Å². The molecular formula is C18H23NO2. The first-order chi connectivity index (χ1) is 9.94. The average molecular weight is 285 g/mol. The molecule has 0 aliphatic carbocycles. The van der Waals surface area contributed by atoms with Crippen LogP contribution in [0.4, 0.5) is 0 Å². The Hall–Kier alpha value is -2.00. The molecule has 2 aromatic carbocycles. The first kappa shape index (κ1) is 15.4. The van der Waals surface area contributed by atoms with Gasteiger partial charge in [0.25, 0.3) is 0 Å². The smallest absolute Gasteiger partial charge is 0.124 e. The SMILES string of the molecule is CC(C)(C)NCc1ccccc1OCc1cccc(O)c1. The molecule has 0 aliphatic heterocycles. The van der Waals surface area contributed by atoms with Crippen LogP contribution in [0.15, 0.2) is 48.5 Å². The van der Waals surface area contributed by atoms with Crippen LogP contribution in [0.1, 0.15) is 31.9 Å². The van der Waals surface area contributed by atoms with E-state index in [1.165, 1.54) is 0 Å². The molecule has 0 aliphatic rings. The van der Waals surface area contributed by atoms with Crippen LogP contribution in [0, 0.1) is 0 Å². The molecule has 0 unspecified atom stereocenters. The number of hydrogen-bond acceptors (Lipinski definition) is 3. The maximum absolute atomic E-state index is 9.47. The maximum Gasteiger partial charge on any atom is 0.124 e. The molecule has 0 atom stereocenters. The number of hydrogen-bond donors (Lipinski definition) is 2. The van der Waals surface area contributed by atoms with Gasteiger partial charge in [0.05, 0.1) is 0 Å². The minimum atomic E-state index is 0.0678. The van der Waals surface area contributed by atoms with E-state index in [2.05, 4.69) is 32.2 Å². The molecule has 0 radical (unpaired) electrons. The zero-order chi connectivity index (χ0) is 15.3. The van der Waals surface area contributed by atoms with Gasteiger partial charge in [-0.15, -0.1) is 0 Å². The Bertz CT molecular complexity index is 588. The maximum atomic E-state index is 9.47. The van der Waals surface area contributed by atoms with Crippen molar-refractivity contribution >= 4 is 0 Å². The molecule has 0 heterocycles. The summed E-state index contributed by atoms with van der Waals surface area (Å²) in [4.78, 5) is 0. The topological polar surface area (TPSA) is 41.5 Å². The molecule has 3 nitrogen and oxygen atoms in total. The molecule has 21 heavy (non-hydrogen) atoms. The van der Waals surface area contributed by atoms with Gasteiger partial charge in [-0.1, -0.05) is 30.3 Å². The van der Waals surface area contributed by atoms with Crippen molar-refractivity contribution in [3.05, 3.63) is 59.7 Å². The fourth-order valence-electron chi connectivity index (χ4n) is 1.96. The molecule has 112 valence electrons. The Labute approximate surface area is 126 Å². The molecule has 0 amide bonds. The second-order valence-electron chi connectivity index (χ2n) is 6.17. The lowest BCUT2D eigenvalue weighted by molar-refractivity contribution is 0.299. The van der Waals surface area contributed by atoms with Gasteiger partial charge in [0.1, 0.15) is 18.1 Å². The van der Waals surface area contributed by atoms with Crippen molar-refractivity contribution in [2.24, 2.45) is 0 Å². The van der Waals surface area contributed by atoms with E-state index in [0.29, 0.717) is 6.61 Å². The van der Waals surface area contributed by atoms with Crippen LogP contribution in [0.3, 0.4) is 0 Å². The summed E-state index contributed by atoms with van der Waals surface area (Å²) in [5.74, 6) is 1.14. The van der Waals surface area contributed by atoms with Gasteiger partial charge in [-0.25, -0.2) is 0 Å². The summed E-state index contributed by atoms with van der Waals surface area (Å²) in [5.41, 5.74) is 2.15. The highest BCUT2D eigenvalue weighted by Gasteiger charge is 2.10. The molecule has 0 saturated carbocycles. The molecule has 2 rings (SSSR count). The van der Waals surface area contributed by atoms with Crippen molar-refractivity contribution in [2.45, 2.75) is 39.5 Å². The van der Waals surface area contributed by atoms with Crippen LogP contribution >= 0.6 is 0 Å². The normalized spacial score (nSPS) is 11.4. The van der Waals surface area contributed by atoms with Crippen molar-refractivity contribution in [1.82, 2.24) is 5.32 Å². The molecule has 0 aromatic heterocycles. The summed E-state index contributed by atoms with van der Waals surface area (Å²) in [6, 6.07) is 15.2. The third kappa shape index (κ3) is 5.12. The predicted octanol–water partition coefficient (Wildman–Crippen LogP) is 3.86. The summed E-state index contributed by atoms with van der Waals surface area (Å²) in [6.07, 6.45) is 0. The summed E-state index contributed by atoms with van der Waals surface area (Å²) < 4.78 is 5.89. The number of phenolic OH excluding ortho intramolecular Hbond substituents is 1. The van der Waals surface area contributed by atoms with Gasteiger partial charge >= 0.3 is 0 Å². The zero-order valence-electron chi connectivity index (χ0n) is 12.9. The van der Waals surface area contributed by atoms with E-state index in [1.807, 2.05) is 30.3 Å². The van der Waals surface area contributed by atoms with E-state index in [-0.39, 0.29) is 11.3 Å². The highest BCUT2D eigenvalue weighted by atomic mass is 16.5. The lowest BCUT2D eigenvalue weighted by atomic mass is 10.1. The molecule has 2 N–H and O–H groups in total. The highest BCUT2D eigenvalue weighted by Crippen LogP contribution is 2.21. The summed E-state index contributed by atoms with van der Waals surface area (Å²) >= 11 is 0. The van der Waals surface area contributed by atoms with E-state index in [1.54, 1.807) is 12.1 Å². The Morgan fingerprint density at radius 3 is 2.52 bits per heavy atom. The van der Waals surface area contributed by atoms with Crippen LogP contribution in [0.25, 0.3) is 0 Å². The summed E-state index contributed by atoms with van der Waals surface area (Å²) in [6.45, 7) is 7.64. The van der Waals surface area contributed by atoms with E-state index in [0.717, 1.165) is 23.4 Å². The molecule has 0 bridgehead atoms. The number of rotatable bonds is 5. The van der Waals surface area contributed by atoms with Crippen molar-refractivity contribution in [2.75, 3.05) is 0 Å². The first-order valence-corrected chi connectivity index (χ1v) is 7.18. The number of phenols is 1. The largest absolute Gasteiger partial charge is 0.508 e. The second kappa shape index (κ2) is 6.64. The van der Waals surface area contributed by atoms with Crippen molar-refractivity contribution in [3.63, 3.8) is 0 Å². The minimum Gasteiger partial charge on any atom is -0.508 e. The van der Waals surface area contributed by atoms with Gasteiger partial charge in [0.15, 0.2) is 0 Å². The highest BCUT2D eigenvalue weighted by molar-refractivity contribution is 5.34. The summed E-state index contributed by atoms with van der Waals surface area (Å²) in [5, 5.41) is 12.9. The van der Waals surface area contributed by atoms with Crippen molar-refractivity contribution in [3.8, 4) is 11.5 Å². The van der Waals surface area contributed by atoms with Crippen LogP contribution in [0.2, 0.25) is 0 Å². The Balaban J connectivity index is 2.03. The second-order valence-corrected chi connectivity index (χ2v) is 6.17. The minimum absolute atomic E-state index is 0.0678. The quantitative estimate of drug-likeness (QED) is 0.876. The number of para-hydroxylation sites is 1. The third-order valence-electron chi connectivity index (χ3n) is 3.09. The third-order valence-corrected chi connectivity index (χ3v) is 3.09. The Morgan fingerprint density at radius 1 is 1.05 bits per heavy atom. The van der Waals surface area contributed by atoms with Gasteiger partial charge in [-0.2, -0.15) is 0 Å². The predicted molar refractivity (Wildman–Crippen MR) is 85.5 cm³/mol. The van der Waals surface area contributed by atoms with Crippen LogP contribution in [-0.4, -0.2) is 10.6 Å². The molecule has 3 heteroatoms. The number of nitrogens with one attached hydrogen (secondary N) is 1. The summed E-state index contributed by atoms with van der Waals surface area (Å²) in [7, 11) is 0. The van der Waals surface area contributed by atoms with Gasteiger partial charge in [0.2, 0.25) is 0 Å². The molecule has 2 aromatic rings. The molecular weight excluding hydrogens is 262 g/mol. The van der Waals surface area contributed by atoms with Gasteiger partial charge in [-0.3, -0.25) is 0 Å². The zero-order valence-corrected chi connectivity index (χ0v) is 12.9. The average Bonchev–Trinajstić information content (AvgIpc) is 2.43. The van der Waals surface area contributed by atoms with E-state index < -0.39 is 0 Å². The Kier molecular flexibility index (Phi) is 4.86. The molecule has 0 spiro atoms. The monoisotopic (exact) mass is 285 g/mol.